The maximum atomic E-state index is 2.68. The molecule has 1 aliphatic heterocycles. The molecule has 0 saturated heterocycles. The molecule has 0 fully saturated rings. The third-order valence-corrected chi connectivity index (χ3v) is 18.5. The van der Waals surface area contributed by atoms with Crippen LogP contribution in [0.4, 0.5) is 0 Å². The molecule has 0 nitrogen and oxygen atoms in total. The summed E-state index contributed by atoms with van der Waals surface area (Å²) in [7, 11) is -3.92. The van der Waals surface area contributed by atoms with E-state index in [1.807, 2.05) is 27.3 Å². The monoisotopic (exact) mass is 490 g/mol. The van der Waals surface area contributed by atoms with E-state index in [-0.39, 0.29) is 24.8 Å². The zero-order valence-electron chi connectivity index (χ0n) is 16.3. The van der Waals surface area contributed by atoms with E-state index >= 15 is 0 Å². The van der Waals surface area contributed by atoms with E-state index in [1.54, 1.807) is 0 Å². The van der Waals surface area contributed by atoms with Gasteiger partial charge >= 0.3 is 152 Å². The molecule has 0 saturated carbocycles. The van der Waals surface area contributed by atoms with Crippen LogP contribution >= 0.6 is 0 Å². The van der Waals surface area contributed by atoms with E-state index in [0.29, 0.717) is 0 Å². The van der Waals surface area contributed by atoms with Gasteiger partial charge in [-0.3, -0.25) is 0 Å². The first-order chi connectivity index (χ1) is 9.94. The van der Waals surface area contributed by atoms with Crippen LogP contribution in [0.1, 0.15) is 12.8 Å². The topological polar surface area (TPSA) is 0 Å². The summed E-state index contributed by atoms with van der Waals surface area (Å²) in [5, 5.41) is 7.61. The number of allylic oxidation sites excluding steroid dienone is 8. The Kier molecular flexibility index (Phi) is 6.97. The molecule has 3 rings (SSSR count). The molecular weight excluding hydrogens is 463 g/mol. The van der Waals surface area contributed by atoms with Gasteiger partial charge in [-0.05, 0) is 0 Å². The van der Waals surface area contributed by atoms with Crippen molar-refractivity contribution >= 4 is 24.2 Å². The normalized spacial score (nSPS) is 21.7. The SMILES string of the molecule is C[Si](C)(C)C1=[C]2CC=C1[Si](C)(C)C1=CC[C](=C1[Si](C)(C)C)[Zr+2]2.[Cl-].[Cl-]. The van der Waals surface area contributed by atoms with Gasteiger partial charge in [0.1, 0.15) is 0 Å². The smallest absolute Gasteiger partial charge is 1.00 e. The van der Waals surface area contributed by atoms with Gasteiger partial charge in [0.05, 0.1) is 0 Å². The molecule has 0 unspecified atom stereocenters. The van der Waals surface area contributed by atoms with Gasteiger partial charge in [0.25, 0.3) is 0 Å². The molecule has 6 heteroatoms. The number of fused-ring (bicyclic) bond motifs is 2. The third kappa shape index (κ3) is 3.71. The molecule has 0 N–H and O–H groups in total. The second-order valence-electron chi connectivity index (χ2n) is 9.60. The van der Waals surface area contributed by atoms with Crippen LogP contribution in [0.15, 0.2) is 39.5 Å². The minimum Gasteiger partial charge on any atom is -1.00 e. The molecule has 0 spiro atoms. The van der Waals surface area contributed by atoms with Crippen molar-refractivity contribution in [2.75, 3.05) is 0 Å². The van der Waals surface area contributed by atoms with E-state index in [4.69, 9.17) is 0 Å². The summed E-state index contributed by atoms with van der Waals surface area (Å²) in [5.41, 5.74) is 0. The van der Waals surface area contributed by atoms with E-state index in [2.05, 4.69) is 64.5 Å². The zero-order valence-corrected chi connectivity index (χ0v) is 23.3. The molecule has 0 aromatic heterocycles. The van der Waals surface area contributed by atoms with Crippen LogP contribution in [-0.2, 0) is 23.2 Å². The van der Waals surface area contributed by atoms with Gasteiger partial charge in [0.2, 0.25) is 0 Å². The van der Waals surface area contributed by atoms with Crippen molar-refractivity contribution in [3.63, 3.8) is 0 Å². The standard InChI is InChI=1S/C18H30Si3.2ClH.Zr/c1-19(2,3)15-11-9-13-17(15)21(7,8)18-14-10-12-16(18)20(4,5)6;;;/h13-14H,9-10H2,1-8H3;2*1H;/q;;;+2/p-2. The Morgan fingerprint density at radius 3 is 1.38 bits per heavy atom. The summed E-state index contributed by atoms with van der Waals surface area (Å²) >= 11 is -0.524. The van der Waals surface area contributed by atoms with Gasteiger partial charge in [0, 0.05) is 0 Å². The number of halogens is 2. The molecule has 0 amide bonds. The largest absolute Gasteiger partial charge is 1.00 e. The second kappa shape index (κ2) is 7.24. The van der Waals surface area contributed by atoms with Crippen molar-refractivity contribution in [3.8, 4) is 0 Å². The van der Waals surface area contributed by atoms with Crippen LogP contribution in [0.3, 0.4) is 0 Å². The van der Waals surface area contributed by atoms with E-state index in [0.717, 1.165) is 0 Å². The summed E-state index contributed by atoms with van der Waals surface area (Å²) in [6.45, 7) is 20.8. The zero-order chi connectivity index (χ0) is 16.5. The van der Waals surface area contributed by atoms with Crippen LogP contribution in [-0.4, -0.2) is 24.2 Å². The van der Waals surface area contributed by atoms with Crippen molar-refractivity contribution in [1.82, 2.24) is 0 Å². The number of hydrogen-bond acceptors (Lipinski definition) is 0. The van der Waals surface area contributed by atoms with Crippen molar-refractivity contribution in [3.05, 3.63) is 39.5 Å². The van der Waals surface area contributed by atoms with Gasteiger partial charge in [0.15, 0.2) is 0 Å². The summed E-state index contributed by atoms with van der Waals surface area (Å²) in [6, 6.07) is 0. The fraction of sp³-hybridized carbons (Fsp3) is 0.556. The molecule has 0 radical (unpaired) electrons. The Hall–Kier alpha value is 1.07. The number of hydrogen-bond donors (Lipinski definition) is 0. The summed E-state index contributed by atoms with van der Waals surface area (Å²) in [5.74, 6) is 0. The van der Waals surface area contributed by atoms with Gasteiger partial charge in [-0.2, -0.15) is 0 Å². The predicted molar refractivity (Wildman–Crippen MR) is 104 cm³/mol. The van der Waals surface area contributed by atoms with E-state index in [1.165, 1.54) is 12.8 Å². The van der Waals surface area contributed by atoms with Crippen LogP contribution in [0.2, 0.25) is 52.4 Å². The Morgan fingerprint density at radius 2 is 1.08 bits per heavy atom. The van der Waals surface area contributed by atoms with Gasteiger partial charge < -0.3 is 24.8 Å². The van der Waals surface area contributed by atoms with Crippen LogP contribution in [0.25, 0.3) is 0 Å². The van der Waals surface area contributed by atoms with Gasteiger partial charge in [-0.15, -0.1) is 0 Å². The summed E-state index contributed by atoms with van der Waals surface area (Å²) in [6.07, 6.45) is 8.01. The molecule has 24 heavy (non-hydrogen) atoms. The van der Waals surface area contributed by atoms with Crippen LogP contribution in [0.5, 0.6) is 0 Å². The summed E-state index contributed by atoms with van der Waals surface area (Å²) < 4.78 is 3.94. The van der Waals surface area contributed by atoms with Crippen molar-refractivity contribution < 1.29 is 48.0 Å². The van der Waals surface area contributed by atoms with Gasteiger partial charge in [-0.25, -0.2) is 0 Å². The fourth-order valence-corrected chi connectivity index (χ4v) is 25.6. The molecule has 0 aromatic rings. The fourth-order valence-electron chi connectivity index (χ4n) is 4.54. The van der Waals surface area contributed by atoms with E-state index in [9.17, 15) is 0 Å². The predicted octanol–water partition coefficient (Wildman–Crippen LogP) is -0.199. The van der Waals surface area contributed by atoms with E-state index < -0.39 is 47.5 Å². The average Bonchev–Trinajstić information content (AvgIpc) is 2.91. The molecular formula is C18H30Cl2Si3Zr. The Balaban J connectivity index is 0.00000144. The molecule has 4 bridgehead atoms. The van der Waals surface area contributed by atoms with Crippen LogP contribution in [0, 0.1) is 0 Å². The average molecular weight is 493 g/mol. The maximum absolute atomic E-state index is 2.68. The minimum atomic E-state index is -1.49. The molecule has 1 heterocycles. The minimum absolute atomic E-state index is 0. The van der Waals surface area contributed by atoms with Crippen molar-refractivity contribution in [2.24, 2.45) is 0 Å². The van der Waals surface area contributed by atoms with Crippen molar-refractivity contribution in [1.29, 1.82) is 0 Å². The molecule has 3 aliphatic rings. The van der Waals surface area contributed by atoms with Crippen LogP contribution < -0.4 is 24.8 Å². The first kappa shape index (κ1) is 23.1. The Labute approximate surface area is 175 Å². The molecule has 2 aliphatic carbocycles. The first-order valence-corrected chi connectivity index (χ1v) is 21.1. The Bertz CT molecular complexity index is 615. The molecule has 132 valence electrons. The first-order valence-electron chi connectivity index (χ1n) is 8.60. The Morgan fingerprint density at radius 1 is 0.750 bits per heavy atom. The third-order valence-electron chi connectivity index (χ3n) is 5.31. The number of rotatable bonds is 2. The second-order valence-corrected chi connectivity index (χ2v) is 27.5. The van der Waals surface area contributed by atoms with Gasteiger partial charge in [-0.1, -0.05) is 0 Å². The quantitative estimate of drug-likeness (QED) is 0.469. The molecule has 0 atom stereocenters. The maximum Gasteiger partial charge on any atom is -1.00 e. The summed E-state index contributed by atoms with van der Waals surface area (Å²) in [4.78, 5) is 0. The van der Waals surface area contributed by atoms with Crippen molar-refractivity contribution in [2.45, 2.75) is 65.2 Å². The molecule has 0 aromatic carbocycles.